The Labute approximate surface area is 178 Å². The predicted octanol–water partition coefficient (Wildman–Crippen LogP) is 2.34. The molecule has 0 aliphatic carbocycles. The van der Waals surface area contributed by atoms with Gasteiger partial charge in [0.05, 0.1) is 11.1 Å². The fourth-order valence-electron chi connectivity index (χ4n) is 4.20. The summed E-state index contributed by atoms with van der Waals surface area (Å²) in [7, 11) is 0. The molecule has 3 aromatic heterocycles. The lowest BCUT2D eigenvalue weighted by molar-refractivity contribution is 0.0784. The van der Waals surface area contributed by atoms with Gasteiger partial charge in [-0.2, -0.15) is 0 Å². The van der Waals surface area contributed by atoms with Crippen LogP contribution in [-0.2, 0) is 6.42 Å². The maximum Gasteiger partial charge on any atom is 0.204 e. The van der Waals surface area contributed by atoms with Crippen molar-refractivity contribution in [1.82, 2.24) is 9.97 Å². The summed E-state index contributed by atoms with van der Waals surface area (Å²) in [6.45, 7) is 5.04. The van der Waals surface area contributed by atoms with E-state index in [1.54, 1.807) is 18.5 Å². The number of Topliss-reactive ketones (excluding diaryl/α,β-unsaturated/α-hetero) is 1. The van der Waals surface area contributed by atoms with E-state index < -0.39 is 6.10 Å². The standard InChI is InChI=1S/C21H24ClN5O3/c1-10-5-25-6-12(19(10)27-8-11(2)20(29)14(23)9-27)3-15(28)17-18-16(30-21(17)24)4-13(22)7-26-18/h4-7,11,14,20,29H,3,8-9,23-24H2,1-2H3/t11-,14+,20+/m0/s1. The van der Waals surface area contributed by atoms with E-state index in [2.05, 4.69) is 14.9 Å². The minimum Gasteiger partial charge on any atom is -0.438 e. The maximum absolute atomic E-state index is 13.2. The number of nitrogens with zero attached hydrogens (tertiary/aromatic N) is 3. The van der Waals surface area contributed by atoms with Gasteiger partial charge < -0.3 is 25.9 Å². The molecule has 30 heavy (non-hydrogen) atoms. The number of aryl methyl sites for hydroxylation is 1. The summed E-state index contributed by atoms with van der Waals surface area (Å²) in [6, 6.07) is 1.21. The number of piperidine rings is 1. The zero-order chi connectivity index (χ0) is 21.6. The summed E-state index contributed by atoms with van der Waals surface area (Å²) < 4.78 is 5.49. The Kier molecular flexibility index (Phi) is 5.40. The van der Waals surface area contributed by atoms with Gasteiger partial charge in [-0.15, -0.1) is 0 Å². The van der Waals surface area contributed by atoms with Crippen LogP contribution in [0.1, 0.15) is 28.4 Å². The number of nitrogens with two attached hydrogens (primary N) is 2. The number of carbonyl (C=O) groups excluding carboxylic acids is 1. The number of rotatable bonds is 4. The highest BCUT2D eigenvalue weighted by Gasteiger charge is 2.33. The van der Waals surface area contributed by atoms with Crippen LogP contribution < -0.4 is 16.4 Å². The molecule has 0 unspecified atom stereocenters. The van der Waals surface area contributed by atoms with Crippen LogP contribution in [0, 0.1) is 12.8 Å². The number of aromatic nitrogens is 2. The van der Waals surface area contributed by atoms with Gasteiger partial charge in [-0.25, -0.2) is 0 Å². The molecule has 5 N–H and O–H groups in total. The van der Waals surface area contributed by atoms with Gasteiger partial charge in [0, 0.05) is 67.4 Å². The Morgan fingerprint density at radius 2 is 2.13 bits per heavy atom. The topological polar surface area (TPSA) is 132 Å². The highest BCUT2D eigenvalue weighted by molar-refractivity contribution is 6.31. The van der Waals surface area contributed by atoms with Crippen LogP contribution in [0.4, 0.5) is 11.6 Å². The van der Waals surface area contributed by atoms with Crippen molar-refractivity contribution in [2.75, 3.05) is 23.7 Å². The van der Waals surface area contributed by atoms with E-state index in [1.165, 1.54) is 6.20 Å². The van der Waals surface area contributed by atoms with Gasteiger partial charge in [-0.05, 0) is 12.5 Å². The Bertz CT molecular complexity index is 1100. The molecule has 4 rings (SSSR count). The average Bonchev–Trinajstić information content (AvgIpc) is 3.00. The van der Waals surface area contributed by atoms with Crippen molar-refractivity contribution in [3.8, 4) is 0 Å². The van der Waals surface area contributed by atoms with Gasteiger partial charge in [0.25, 0.3) is 0 Å². The number of nitrogen functional groups attached to an aromatic ring is 1. The third kappa shape index (κ3) is 3.62. The normalized spacial score (nSPS) is 21.9. The molecule has 0 radical (unpaired) electrons. The van der Waals surface area contributed by atoms with Crippen LogP contribution in [0.2, 0.25) is 5.02 Å². The molecule has 0 aromatic carbocycles. The van der Waals surface area contributed by atoms with Gasteiger partial charge in [0.2, 0.25) is 5.88 Å². The summed E-state index contributed by atoms with van der Waals surface area (Å²) >= 11 is 5.96. The van der Waals surface area contributed by atoms with E-state index in [9.17, 15) is 9.90 Å². The Balaban J connectivity index is 1.69. The fourth-order valence-corrected chi connectivity index (χ4v) is 4.34. The largest absolute Gasteiger partial charge is 0.438 e. The second kappa shape index (κ2) is 7.86. The average molecular weight is 430 g/mol. The molecule has 1 aliphatic heterocycles. The molecule has 0 saturated carbocycles. The molecule has 158 valence electrons. The Hall–Kier alpha value is -2.68. The predicted molar refractivity (Wildman–Crippen MR) is 116 cm³/mol. The van der Waals surface area contributed by atoms with Crippen molar-refractivity contribution in [1.29, 1.82) is 0 Å². The lowest BCUT2D eigenvalue weighted by atomic mass is 9.91. The molecule has 0 amide bonds. The van der Waals surface area contributed by atoms with Crippen molar-refractivity contribution >= 4 is 40.1 Å². The van der Waals surface area contributed by atoms with Crippen LogP contribution in [0.15, 0.2) is 29.1 Å². The van der Waals surface area contributed by atoms with E-state index in [1.807, 2.05) is 13.8 Å². The highest BCUT2D eigenvalue weighted by atomic mass is 35.5. The second-order valence-electron chi connectivity index (χ2n) is 7.94. The number of pyridine rings is 2. The summed E-state index contributed by atoms with van der Waals surface area (Å²) in [5.74, 6) is -0.194. The Morgan fingerprint density at radius 3 is 2.87 bits per heavy atom. The summed E-state index contributed by atoms with van der Waals surface area (Å²) in [5.41, 5.74) is 15.7. The first-order valence-corrected chi connectivity index (χ1v) is 10.1. The van der Waals surface area contributed by atoms with Gasteiger partial charge in [0.1, 0.15) is 11.1 Å². The molecule has 1 saturated heterocycles. The number of halogens is 1. The third-order valence-corrected chi connectivity index (χ3v) is 5.81. The molecular formula is C21H24ClN5O3. The lowest BCUT2D eigenvalue weighted by Crippen LogP contribution is -2.56. The summed E-state index contributed by atoms with van der Waals surface area (Å²) in [4.78, 5) is 23.8. The zero-order valence-electron chi connectivity index (χ0n) is 16.8. The molecule has 1 aliphatic rings. The number of hydrogen-bond acceptors (Lipinski definition) is 8. The first-order chi connectivity index (χ1) is 14.3. The number of aliphatic hydroxyl groups is 1. The van der Waals surface area contributed by atoms with Crippen LogP contribution in [0.3, 0.4) is 0 Å². The zero-order valence-corrected chi connectivity index (χ0v) is 17.6. The third-order valence-electron chi connectivity index (χ3n) is 5.61. The van der Waals surface area contributed by atoms with Crippen LogP contribution in [0.25, 0.3) is 11.1 Å². The molecule has 3 aromatic rings. The highest BCUT2D eigenvalue weighted by Crippen LogP contribution is 2.33. The van der Waals surface area contributed by atoms with Gasteiger partial charge in [-0.1, -0.05) is 18.5 Å². The first-order valence-electron chi connectivity index (χ1n) is 9.75. The molecule has 9 heteroatoms. The molecule has 4 heterocycles. The molecule has 0 spiro atoms. The monoisotopic (exact) mass is 429 g/mol. The molecule has 0 bridgehead atoms. The number of aliphatic hydroxyl groups excluding tert-OH is 1. The van der Waals surface area contributed by atoms with E-state index in [0.29, 0.717) is 29.2 Å². The number of anilines is 2. The number of hydrogen-bond donors (Lipinski definition) is 3. The number of ketones is 1. The van der Waals surface area contributed by atoms with Crippen LogP contribution >= 0.6 is 11.6 Å². The number of carbonyl (C=O) groups is 1. The molecule has 1 fully saturated rings. The maximum atomic E-state index is 13.2. The van der Waals surface area contributed by atoms with E-state index >= 15 is 0 Å². The molecule has 3 atom stereocenters. The van der Waals surface area contributed by atoms with Crippen molar-refractivity contribution in [2.24, 2.45) is 11.7 Å². The minimum absolute atomic E-state index is 0.00674. The smallest absolute Gasteiger partial charge is 0.204 e. The quantitative estimate of drug-likeness (QED) is 0.538. The number of fused-ring (bicyclic) bond motifs is 1. The van der Waals surface area contributed by atoms with Gasteiger partial charge >= 0.3 is 0 Å². The second-order valence-corrected chi connectivity index (χ2v) is 8.38. The fraction of sp³-hybridized carbons (Fsp3) is 0.381. The number of furan rings is 1. The van der Waals surface area contributed by atoms with E-state index in [4.69, 9.17) is 27.5 Å². The van der Waals surface area contributed by atoms with Crippen LogP contribution in [-0.4, -0.2) is 46.1 Å². The van der Waals surface area contributed by atoms with Gasteiger partial charge in [0.15, 0.2) is 11.4 Å². The summed E-state index contributed by atoms with van der Waals surface area (Å²) in [6.07, 6.45) is 4.43. The van der Waals surface area contributed by atoms with Crippen molar-refractivity contribution < 1.29 is 14.3 Å². The summed E-state index contributed by atoms with van der Waals surface area (Å²) in [5, 5.41) is 10.6. The molecular weight excluding hydrogens is 406 g/mol. The Morgan fingerprint density at radius 1 is 1.37 bits per heavy atom. The van der Waals surface area contributed by atoms with Gasteiger partial charge in [-0.3, -0.25) is 14.8 Å². The van der Waals surface area contributed by atoms with Crippen molar-refractivity contribution in [3.63, 3.8) is 0 Å². The van der Waals surface area contributed by atoms with E-state index in [-0.39, 0.29) is 35.6 Å². The minimum atomic E-state index is -0.552. The SMILES string of the molecule is Cc1cncc(CC(=O)c2c(N)oc3cc(Cl)cnc23)c1N1C[C@@H](N)[C@H](O)[C@@H](C)C1. The van der Waals surface area contributed by atoms with Crippen molar-refractivity contribution in [2.45, 2.75) is 32.4 Å². The lowest BCUT2D eigenvalue weighted by Gasteiger charge is -2.41. The van der Waals surface area contributed by atoms with Crippen molar-refractivity contribution in [3.05, 3.63) is 46.4 Å². The first kappa shape index (κ1) is 20.6. The molecule has 8 nitrogen and oxygen atoms in total. The van der Waals surface area contributed by atoms with E-state index in [0.717, 1.165) is 16.8 Å². The van der Waals surface area contributed by atoms with Crippen LogP contribution in [0.5, 0.6) is 0 Å².